The number of benzene rings is 1. The predicted octanol–water partition coefficient (Wildman–Crippen LogP) is 2.14. The van der Waals surface area contributed by atoms with Crippen LogP contribution in [-0.2, 0) is 6.61 Å². The Bertz CT molecular complexity index is 1150. The molecule has 30 heavy (non-hydrogen) atoms. The van der Waals surface area contributed by atoms with E-state index in [0.717, 1.165) is 11.4 Å². The molecule has 1 saturated heterocycles. The molecule has 0 spiro atoms. The predicted molar refractivity (Wildman–Crippen MR) is 117 cm³/mol. The van der Waals surface area contributed by atoms with E-state index >= 15 is 0 Å². The van der Waals surface area contributed by atoms with Gasteiger partial charge in [-0.3, -0.25) is 9.78 Å². The summed E-state index contributed by atoms with van der Waals surface area (Å²) in [6.07, 6.45) is 1.71. The second-order valence-electron chi connectivity index (χ2n) is 6.77. The van der Waals surface area contributed by atoms with Gasteiger partial charge in [0.15, 0.2) is 0 Å². The van der Waals surface area contributed by atoms with Crippen LogP contribution in [0, 0.1) is 11.8 Å². The molecule has 0 bridgehead atoms. The van der Waals surface area contributed by atoms with E-state index in [1.807, 2.05) is 4.90 Å². The van der Waals surface area contributed by atoms with Gasteiger partial charge in [0.2, 0.25) is 0 Å². The minimum absolute atomic E-state index is 0.00718. The number of aliphatic hydroxyl groups is 2. The molecular formula is C21H19ClN4O3S. The molecule has 3 aromatic rings. The summed E-state index contributed by atoms with van der Waals surface area (Å²) >= 11 is 7.64. The number of thiophene rings is 1. The monoisotopic (exact) mass is 442 g/mol. The summed E-state index contributed by atoms with van der Waals surface area (Å²) in [5.74, 6) is 6.12. The highest BCUT2D eigenvalue weighted by Crippen LogP contribution is 2.24. The molecule has 1 fully saturated rings. The number of aromatic nitrogens is 2. The van der Waals surface area contributed by atoms with Crippen molar-refractivity contribution in [3.05, 3.63) is 50.8 Å². The molecule has 2 N–H and O–H groups in total. The molecule has 0 atom stereocenters. The first kappa shape index (κ1) is 20.6. The SMILES string of the molecule is O=C(c1cc(CO)cs1)N1CCN(c2cnc3cc(C#CCO)c(Cl)cc3n2)CC1. The number of hydrogen-bond acceptors (Lipinski definition) is 7. The third kappa shape index (κ3) is 4.25. The molecule has 0 aliphatic carbocycles. The standard InChI is InChI=1S/C21H19ClN4O3S/c22-16-10-18-17(9-15(16)2-1-7-27)23-11-20(24-18)25-3-5-26(6-4-25)21(29)19-8-14(12-28)13-30-19/h8-11,13,27-28H,3-7,12H2. The summed E-state index contributed by atoms with van der Waals surface area (Å²) in [4.78, 5) is 26.4. The molecule has 0 radical (unpaired) electrons. The Hall–Kier alpha value is -2.70. The third-order valence-electron chi connectivity index (χ3n) is 4.86. The van der Waals surface area contributed by atoms with Crippen LogP contribution in [0.3, 0.4) is 0 Å². The molecule has 1 aliphatic heterocycles. The molecule has 154 valence electrons. The van der Waals surface area contributed by atoms with Gasteiger partial charge < -0.3 is 20.0 Å². The Labute approximate surface area is 182 Å². The van der Waals surface area contributed by atoms with Crippen LogP contribution in [0.5, 0.6) is 0 Å². The van der Waals surface area contributed by atoms with Crippen LogP contribution in [0.4, 0.5) is 5.82 Å². The van der Waals surface area contributed by atoms with Crippen molar-refractivity contribution in [1.29, 1.82) is 0 Å². The highest BCUT2D eigenvalue weighted by molar-refractivity contribution is 7.12. The number of rotatable bonds is 3. The lowest BCUT2D eigenvalue weighted by Gasteiger charge is -2.35. The number of fused-ring (bicyclic) bond motifs is 1. The van der Waals surface area contributed by atoms with Crippen LogP contribution in [0.25, 0.3) is 11.0 Å². The number of hydrogen-bond donors (Lipinski definition) is 2. The van der Waals surface area contributed by atoms with E-state index in [1.54, 1.807) is 29.8 Å². The summed E-state index contributed by atoms with van der Waals surface area (Å²) < 4.78 is 0. The lowest BCUT2D eigenvalue weighted by atomic mass is 10.2. The van der Waals surface area contributed by atoms with Crippen LogP contribution < -0.4 is 4.90 Å². The van der Waals surface area contributed by atoms with Crippen molar-refractivity contribution in [1.82, 2.24) is 14.9 Å². The highest BCUT2D eigenvalue weighted by atomic mass is 35.5. The zero-order valence-corrected chi connectivity index (χ0v) is 17.6. The van der Waals surface area contributed by atoms with Gasteiger partial charge in [0, 0.05) is 31.7 Å². The van der Waals surface area contributed by atoms with Crippen LogP contribution in [-0.4, -0.2) is 63.8 Å². The molecule has 4 rings (SSSR count). The van der Waals surface area contributed by atoms with E-state index < -0.39 is 0 Å². The first-order chi connectivity index (χ1) is 14.6. The molecule has 0 saturated carbocycles. The number of carbonyl (C=O) groups excluding carboxylic acids is 1. The van der Waals surface area contributed by atoms with Gasteiger partial charge >= 0.3 is 0 Å². The quantitative estimate of drug-likeness (QED) is 0.604. The fourth-order valence-electron chi connectivity index (χ4n) is 3.27. The Morgan fingerprint density at radius 3 is 2.67 bits per heavy atom. The van der Waals surface area contributed by atoms with Crippen molar-refractivity contribution < 1.29 is 15.0 Å². The van der Waals surface area contributed by atoms with Crippen molar-refractivity contribution in [2.24, 2.45) is 0 Å². The average Bonchev–Trinajstić information content (AvgIpc) is 3.26. The largest absolute Gasteiger partial charge is 0.392 e. The van der Waals surface area contributed by atoms with Crippen molar-refractivity contribution in [3.8, 4) is 11.8 Å². The number of halogens is 1. The molecule has 1 amide bonds. The molecule has 1 aliphatic rings. The number of piperazine rings is 1. The van der Waals surface area contributed by atoms with Gasteiger partial charge in [0.1, 0.15) is 12.4 Å². The molecule has 3 heterocycles. The van der Waals surface area contributed by atoms with Crippen LogP contribution >= 0.6 is 22.9 Å². The molecule has 2 aromatic heterocycles. The minimum Gasteiger partial charge on any atom is -0.392 e. The third-order valence-corrected chi connectivity index (χ3v) is 6.14. The van der Waals surface area contributed by atoms with E-state index in [2.05, 4.69) is 26.7 Å². The topological polar surface area (TPSA) is 89.8 Å². The summed E-state index contributed by atoms with van der Waals surface area (Å²) in [5.41, 5.74) is 2.71. The van der Waals surface area contributed by atoms with Crippen LogP contribution in [0.2, 0.25) is 5.02 Å². The van der Waals surface area contributed by atoms with Gasteiger partial charge in [-0.1, -0.05) is 23.4 Å². The second kappa shape index (κ2) is 8.98. The number of anilines is 1. The van der Waals surface area contributed by atoms with Crippen molar-refractivity contribution in [3.63, 3.8) is 0 Å². The van der Waals surface area contributed by atoms with E-state index in [1.165, 1.54) is 11.3 Å². The number of aliphatic hydroxyl groups excluding tert-OH is 2. The first-order valence-corrected chi connectivity index (χ1v) is 10.6. The average molecular weight is 443 g/mol. The van der Waals surface area contributed by atoms with Gasteiger partial charge in [-0.05, 0) is 29.1 Å². The molecular weight excluding hydrogens is 424 g/mol. The van der Waals surface area contributed by atoms with Crippen LogP contribution in [0.1, 0.15) is 20.8 Å². The normalized spacial score (nSPS) is 14.0. The maximum absolute atomic E-state index is 12.7. The Kier molecular flexibility index (Phi) is 6.16. The van der Waals surface area contributed by atoms with E-state index in [-0.39, 0.29) is 19.1 Å². The summed E-state index contributed by atoms with van der Waals surface area (Å²) in [5, 5.41) is 20.3. The van der Waals surface area contributed by atoms with E-state index in [0.29, 0.717) is 52.7 Å². The molecule has 9 heteroatoms. The van der Waals surface area contributed by atoms with E-state index in [4.69, 9.17) is 16.7 Å². The lowest BCUT2D eigenvalue weighted by Crippen LogP contribution is -2.48. The molecule has 7 nitrogen and oxygen atoms in total. The fraction of sp³-hybridized carbons (Fsp3) is 0.286. The number of amides is 1. The van der Waals surface area contributed by atoms with Crippen LogP contribution in [0.15, 0.2) is 29.8 Å². The Morgan fingerprint density at radius 1 is 1.17 bits per heavy atom. The second-order valence-corrected chi connectivity index (χ2v) is 8.08. The van der Waals surface area contributed by atoms with Gasteiger partial charge in [0.05, 0.1) is 33.7 Å². The van der Waals surface area contributed by atoms with Gasteiger partial charge in [0.25, 0.3) is 5.91 Å². The van der Waals surface area contributed by atoms with Gasteiger partial charge in [-0.25, -0.2) is 4.98 Å². The Balaban J connectivity index is 1.47. The Morgan fingerprint density at radius 2 is 1.97 bits per heavy atom. The van der Waals surface area contributed by atoms with Gasteiger partial charge in [-0.15, -0.1) is 11.3 Å². The summed E-state index contributed by atoms with van der Waals surface area (Å²) in [6.45, 7) is 2.18. The fourth-order valence-corrected chi connectivity index (χ4v) is 4.35. The van der Waals surface area contributed by atoms with Gasteiger partial charge in [-0.2, -0.15) is 0 Å². The smallest absolute Gasteiger partial charge is 0.264 e. The maximum atomic E-state index is 12.7. The summed E-state index contributed by atoms with van der Waals surface area (Å²) in [6, 6.07) is 5.23. The van der Waals surface area contributed by atoms with Crippen molar-refractivity contribution >= 4 is 45.7 Å². The van der Waals surface area contributed by atoms with Crippen molar-refractivity contribution in [2.75, 3.05) is 37.7 Å². The minimum atomic E-state index is -0.234. The number of carbonyl (C=O) groups is 1. The maximum Gasteiger partial charge on any atom is 0.264 e. The zero-order chi connectivity index (χ0) is 21.1. The summed E-state index contributed by atoms with van der Waals surface area (Å²) in [7, 11) is 0. The first-order valence-electron chi connectivity index (χ1n) is 9.37. The molecule has 1 aromatic carbocycles. The van der Waals surface area contributed by atoms with Crippen molar-refractivity contribution in [2.45, 2.75) is 6.61 Å². The molecule has 0 unspecified atom stereocenters. The lowest BCUT2D eigenvalue weighted by molar-refractivity contribution is 0.0751. The number of nitrogens with zero attached hydrogens (tertiary/aromatic N) is 4. The van der Waals surface area contributed by atoms with E-state index in [9.17, 15) is 9.90 Å². The zero-order valence-electron chi connectivity index (χ0n) is 16.0. The highest BCUT2D eigenvalue weighted by Gasteiger charge is 2.24.